The first-order chi connectivity index (χ1) is 16.0. The van der Waals surface area contributed by atoms with Crippen LogP contribution in [-0.4, -0.2) is 4.98 Å². The van der Waals surface area contributed by atoms with Crippen LogP contribution in [0.4, 0.5) is 18.9 Å². The summed E-state index contributed by atoms with van der Waals surface area (Å²) in [5.41, 5.74) is 2.34. The number of para-hydroxylation sites is 1. The van der Waals surface area contributed by atoms with Crippen molar-refractivity contribution in [3.63, 3.8) is 0 Å². The van der Waals surface area contributed by atoms with E-state index in [0.29, 0.717) is 24.0 Å². The van der Waals surface area contributed by atoms with Crippen molar-refractivity contribution in [2.75, 3.05) is 4.90 Å². The third kappa shape index (κ3) is 4.35. The maximum atomic E-state index is 13.5. The van der Waals surface area contributed by atoms with E-state index in [1.807, 2.05) is 42.5 Å². The third-order valence-corrected chi connectivity index (χ3v) is 5.39. The molecule has 3 aromatic heterocycles. The monoisotopic (exact) mass is 447 g/mol. The zero-order chi connectivity index (χ0) is 22.8. The van der Waals surface area contributed by atoms with E-state index in [9.17, 15) is 13.2 Å². The number of anilines is 1. The lowest BCUT2D eigenvalue weighted by atomic mass is 9.98. The Morgan fingerprint density at radius 3 is 2.58 bits per heavy atom. The summed E-state index contributed by atoms with van der Waals surface area (Å²) in [4.78, 5) is 6.09. The molecule has 165 valence electrons. The van der Waals surface area contributed by atoms with Crippen LogP contribution in [0.1, 0.15) is 16.9 Å². The Morgan fingerprint density at radius 2 is 1.82 bits per heavy atom. The van der Waals surface area contributed by atoms with Crippen molar-refractivity contribution in [2.24, 2.45) is 0 Å². The van der Waals surface area contributed by atoms with Gasteiger partial charge in [0.1, 0.15) is 5.76 Å². The number of alkyl halides is 3. The average molecular weight is 447 g/mol. The minimum Gasteiger partial charge on any atom is -0.472 e. The highest BCUT2D eigenvalue weighted by Gasteiger charge is 2.33. The van der Waals surface area contributed by atoms with E-state index < -0.39 is 11.7 Å². The van der Waals surface area contributed by atoms with Crippen molar-refractivity contribution < 1.29 is 22.0 Å². The van der Waals surface area contributed by atoms with Crippen molar-refractivity contribution in [2.45, 2.75) is 19.3 Å². The van der Waals surface area contributed by atoms with Crippen molar-refractivity contribution in [3.05, 3.63) is 109 Å². The number of aromatic nitrogens is 1. The van der Waals surface area contributed by atoms with Gasteiger partial charge in [-0.1, -0.05) is 24.3 Å². The molecule has 4 nitrogen and oxygen atoms in total. The molecular formula is C26H18F3N2O2. The Hall–Kier alpha value is -4.00. The number of rotatable bonds is 6. The molecular weight excluding hydrogens is 429 g/mol. The number of nitrogens with zero attached hydrogens (tertiary/aromatic N) is 2. The summed E-state index contributed by atoms with van der Waals surface area (Å²) in [6, 6.07) is 20.4. The highest BCUT2D eigenvalue weighted by Crippen LogP contribution is 2.37. The van der Waals surface area contributed by atoms with Crippen LogP contribution in [0.2, 0.25) is 0 Å². The number of hydrogen-bond donors (Lipinski definition) is 0. The summed E-state index contributed by atoms with van der Waals surface area (Å²) in [5.74, 6) is 0.791. The quantitative estimate of drug-likeness (QED) is 0.278. The van der Waals surface area contributed by atoms with Crippen LogP contribution in [0.3, 0.4) is 0 Å². The van der Waals surface area contributed by atoms with Crippen molar-refractivity contribution in [3.8, 4) is 11.1 Å². The van der Waals surface area contributed by atoms with Crippen LogP contribution < -0.4 is 4.90 Å². The van der Waals surface area contributed by atoms with E-state index in [4.69, 9.17) is 8.83 Å². The largest absolute Gasteiger partial charge is 0.472 e. The molecule has 0 aliphatic carbocycles. The number of pyridine rings is 1. The molecule has 0 fully saturated rings. The minimum atomic E-state index is -4.49. The lowest BCUT2D eigenvalue weighted by molar-refractivity contribution is -0.136. The first kappa shape index (κ1) is 20.9. The van der Waals surface area contributed by atoms with Gasteiger partial charge in [0.2, 0.25) is 0 Å². The maximum Gasteiger partial charge on any atom is 0.418 e. The van der Waals surface area contributed by atoms with E-state index in [0.717, 1.165) is 28.6 Å². The van der Waals surface area contributed by atoms with Crippen molar-refractivity contribution in [1.29, 1.82) is 0 Å². The summed E-state index contributed by atoms with van der Waals surface area (Å²) in [5, 5.41) is 0.400. The van der Waals surface area contributed by atoms with Gasteiger partial charge in [-0.25, -0.2) is 0 Å². The van der Waals surface area contributed by atoms with Crippen LogP contribution in [0.5, 0.6) is 0 Å². The third-order valence-electron chi connectivity index (χ3n) is 5.39. The van der Waals surface area contributed by atoms with E-state index in [2.05, 4.69) is 16.0 Å². The van der Waals surface area contributed by atoms with Crippen molar-refractivity contribution >= 4 is 16.6 Å². The van der Waals surface area contributed by atoms with Gasteiger partial charge >= 0.3 is 6.18 Å². The summed E-state index contributed by atoms with van der Waals surface area (Å²) in [6.45, 7) is 1.08. The molecule has 0 aliphatic rings. The van der Waals surface area contributed by atoms with Gasteiger partial charge in [0.15, 0.2) is 0 Å². The number of benzene rings is 2. The van der Waals surface area contributed by atoms with Gasteiger partial charge in [0.05, 0.1) is 36.4 Å². The Bertz CT molecular complexity index is 1320. The summed E-state index contributed by atoms with van der Waals surface area (Å²) in [6.07, 6.45) is 1.73. The molecule has 2 aromatic carbocycles. The number of halogens is 3. The second-order valence-corrected chi connectivity index (χ2v) is 7.59. The molecule has 0 saturated heterocycles. The topological polar surface area (TPSA) is 42.4 Å². The predicted molar refractivity (Wildman–Crippen MR) is 118 cm³/mol. The van der Waals surface area contributed by atoms with Crippen LogP contribution >= 0.6 is 0 Å². The van der Waals surface area contributed by atoms with E-state index >= 15 is 0 Å². The first-order valence-corrected chi connectivity index (χ1v) is 10.2. The highest BCUT2D eigenvalue weighted by molar-refractivity contribution is 5.96. The fraction of sp³-hybridized carbons (Fsp3) is 0.115. The molecule has 0 amide bonds. The SMILES string of the molecule is FC(F)(F)c1cccc2c(-c3cccc(N(Cc4ccoc4)Cc4ccco4)c3)[c]cnc12. The number of furan rings is 2. The molecule has 3 heterocycles. The van der Waals surface area contributed by atoms with Gasteiger partial charge in [0.25, 0.3) is 0 Å². The minimum absolute atomic E-state index is 0.0880. The zero-order valence-corrected chi connectivity index (χ0v) is 17.3. The number of fused-ring (bicyclic) bond motifs is 1. The summed E-state index contributed by atoms with van der Waals surface area (Å²) in [7, 11) is 0. The van der Waals surface area contributed by atoms with Gasteiger partial charge in [-0.3, -0.25) is 4.98 Å². The smallest absolute Gasteiger partial charge is 0.418 e. The van der Waals surface area contributed by atoms with Gasteiger partial charge in [-0.2, -0.15) is 13.2 Å². The van der Waals surface area contributed by atoms with Crippen LogP contribution in [0, 0.1) is 6.07 Å². The Labute approximate surface area is 187 Å². The molecule has 5 rings (SSSR count). The molecule has 1 radical (unpaired) electrons. The molecule has 0 N–H and O–H groups in total. The number of hydrogen-bond acceptors (Lipinski definition) is 4. The van der Waals surface area contributed by atoms with Gasteiger partial charge < -0.3 is 13.7 Å². The summed E-state index contributed by atoms with van der Waals surface area (Å²) >= 11 is 0. The van der Waals surface area contributed by atoms with E-state index in [1.165, 1.54) is 12.3 Å². The Kier molecular flexibility index (Phi) is 5.38. The molecule has 0 spiro atoms. The Balaban J connectivity index is 1.57. The molecule has 0 atom stereocenters. The van der Waals surface area contributed by atoms with Gasteiger partial charge in [-0.15, -0.1) is 0 Å². The van der Waals surface area contributed by atoms with Crippen LogP contribution in [0.15, 0.2) is 94.5 Å². The highest BCUT2D eigenvalue weighted by atomic mass is 19.4. The Morgan fingerprint density at radius 1 is 0.939 bits per heavy atom. The fourth-order valence-electron chi connectivity index (χ4n) is 3.88. The molecule has 5 aromatic rings. The van der Waals surface area contributed by atoms with Crippen LogP contribution in [-0.2, 0) is 19.3 Å². The zero-order valence-electron chi connectivity index (χ0n) is 17.3. The molecule has 0 bridgehead atoms. The normalized spacial score (nSPS) is 11.7. The first-order valence-electron chi connectivity index (χ1n) is 10.2. The van der Waals surface area contributed by atoms with Gasteiger partial charge in [-0.05, 0) is 42.0 Å². The predicted octanol–water partition coefficient (Wildman–Crippen LogP) is 7.11. The van der Waals surface area contributed by atoms with E-state index in [-0.39, 0.29) is 5.52 Å². The lowest BCUT2D eigenvalue weighted by Gasteiger charge is -2.24. The second kappa shape index (κ2) is 8.50. The van der Waals surface area contributed by atoms with E-state index in [1.54, 1.807) is 24.9 Å². The molecule has 0 unspecified atom stereocenters. The molecule has 0 saturated carbocycles. The fourth-order valence-corrected chi connectivity index (χ4v) is 3.88. The maximum absolute atomic E-state index is 13.5. The molecule has 7 heteroatoms. The second-order valence-electron chi connectivity index (χ2n) is 7.59. The molecule has 33 heavy (non-hydrogen) atoms. The standard InChI is InChI=1S/C26H18F3N2O2/c27-26(28,29)24-8-2-7-23-22(9-11-30-25(23)24)19-4-1-5-20(14-19)31(15-18-10-13-32-17-18)16-21-6-3-12-33-21/h1-8,10-14,17H,15-16H2. The summed E-state index contributed by atoms with van der Waals surface area (Å²) < 4.78 is 51.3. The molecule has 0 aliphatic heterocycles. The lowest BCUT2D eigenvalue weighted by Crippen LogP contribution is -2.21. The van der Waals surface area contributed by atoms with Crippen molar-refractivity contribution in [1.82, 2.24) is 4.98 Å². The average Bonchev–Trinajstić information content (AvgIpc) is 3.52. The van der Waals surface area contributed by atoms with Gasteiger partial charge in [0, 0.05) is 41.0 Å². The van der Waals surface area contributed by atoms with Crippen LogP contribution in [0.25, 0.3) is 22.0 Å².